The van der Waals surface area contributed by atoms with E-state index in [1.54, 1.807) is 29.9 Å². The second-order valence-corrected chi connectivity index (χ2v) is 4.23. The smallest absolute Gasteiger partial charge is 0.116 e. The van der Waals surface area contributed by atoms with E-state index < -0.39 is 6.10 Å². The third-order valence-electron chi connectivity index (χ3n) is 1.89. The van der Waals surface area contributed by atoms with E-state index in [0.29, 0.717) is 0 Å². The third-order valence-corrected chi connectivity index (χ3v) is 2.94. The lowest BCUT2D eigenvalue weighted by atomic mass is 10.2. The molecule has 0 unspecified atom stereocenters. The number of hydrogen-bond acceptors (Lipinski definition) is 3. The Bertz CT molecular complexity index is 375. The first-order valence-electron chi connectivity index (χ1n) is 4.04. The summed E-state index contributed by atoms with van der Waals surface area (Å²) in [6.45, 7) is 2.02. The van der Waals surface area contributed by atoms with Crippen LogP contribution in [0.4, 0.5) is 0 Å². The molecule has 2 rings (SSSR count). The van der Waals surface area contributed by atoms with Crippen molar-refractivity contribution in [2.45, 2.75) is 13.0 Å². The van der Waals surface area contributed by atoms with Gasteiger partial charge in [0.05, 0.1) is 12.5 Å². The van der Waals surface area contributed by atoms with Crippen molar-refractivity contribution < 1.29 is 9.52 Å². The Labute approximate surface area is 80.4 Å². The second-order valence-electron chi connectivity index (χ2n) is 2.91. The van der Waals surface area contributed by atoms with Crippen LogP contribution in [-0.2, 0) is 0 Å². The van der Waals surface area contributed by atoms with Crippen molar-refractivity contribution in [3.8, 4) is 0 Å². The van der Waals surface area contributed by atoms with Crippen LogP contribution in [0.5, 0.6) is 0 Å². The monoisotopic (exact) mass is 194 g/mol. The molecule has 0 radical (unpaired) electrons. The van der Waals surface area contributed by atoms with Gasteiger partial charge in [0, 0.05) is 15.3 Å². The van der Waals surface area contributed by atoms with Crippen LogP contribution < -0.4 is 0 Å². The highest BCUT2D eigenvalue weighted by Crippen LogP contribution is 2.27. The first kappa shape index (κ1) is 8.53. The Hall–Kier alpha value is -1.06. The lowest BCUT2D eigenvalue weighted by Crippen LogP contribution is -1.93. The minimum atomic E-state index is -0.544. The van der Waals surface area contributed by atoms with Gasteiger partial charge in [-0.05, 0) is 25.1 Å². The van der Waals surface area contributed by atoms with Gasteiger partial charge in [-0.15, -0.1) is 11.3 Å². The topological polar surface area (TPSA) is 33.4 Å². The number of rotatable bonds is 2. The van der Waals surface area contributed by atoms with Crippen LogP contribution >= 0.6 is 11.3 Å². The van der Waals surface area contributed by atoms with Crippen LogP contribution in [0, 0.1) is 6.92 Å². The Balaban J connectivity index is 2.28. The average molecular weight is 194 g/mol. The molecule has 0 bridgehead atoms. The van der Waals surface area contributed by atoms with Crippen molar-refractivity contribution >= 4 is 11.3 Å². The molecule has 2 nitrogen and oxygen atoms in total. The molecule has 0 aliphatic heterocycles. The van der Waals surface area contributed by atoms with E-state index in [2.05, 4.69) is 0 Å². The Morgan fingerprint density at radius 3 is 2.77 bits per heavy atom. The highest BCUT2D eigenvalue weighted by atomic mass is 32.1. The molecule has 2 heterocycles. The van der Waals surface area contributed by atoms with E-state index in [-0.39, 0.29) is 0 Å². The van der Waals surface area contributed by atoms with Gasteiger partial charge in [-0.25, -0.2) is 0 Å². The summed E-state index contributed by atoms with van der Waals surface area (Å²) >= 11 is 1.60. The molecule has 0 spiro atoms. The minimum absolute atomic E-state index is 0.544. The third kappa shape index (κ3) is 1.66. The quantitative estimate of drug-likeness (QED) is 0.797. The van der Waals surface area contributed by atoms with E-state index in [1.807, 2.05) is 19.1 Å². The highest BCUT2D eigenvalue weighted by molar-refractivity contribution is 7.12. The maximum absolute atomic E-state index is 9.84. The molecule has 0 fully saturated rings. The lowest BCUT2D eigenvalue weighted by Gasteiger charge is -2.03. The van der Waals surface area contributed by atoms with Gasteiger partial charge in [0.25, 0.3) is 0 Å². The van der Waals surface area contributed by atoms with Gasteiger partial charge in [0.1, 0.15) is 6.10 Å². The molecule has 0 saturated heterocycles. The summed E-state index contributed by atoms with van der Waals surface area (Å²) in [4.78, 5) is 2.16. The Morgan fingerprint density at radius 2 is 2.23 bits per heavy atom. The van der Waals surface area contributed by atoms with Crippen molar-refractivity contribution in [2.75, 3.05) is 0 Å². The Morgan fingerprint density at radius 1 is 1.38 bits per heavy atom. The van der Waals surface area contributed by atoms with E-state index in [1.165, 1.54) is 4.88 Å². The van der Waals surface area contributed by atoms with Crippen molar-refractivity contribution in [3.63, 3.8) is 0 Å². The summed E-state index contributed by atoms with van der Waals surface area (Å²) in [7, 11) is 0. The number of aryl methyl sites for hydroxylation is 1. The molecule has 13 heavy (non-hydrogen) atoms. The highest BCUT2D eigenvalue weighted by Gasteiger charge is 2.12. The molecular weight excluding hydrogens is 184 g/mol. The fraction of sp³-hybridized carbons (Fsp3) is 0.200. The SMILES string of the molecule is Cc1ccc([C@@H](O)c2ccoc2)s1. The molecule has 68 valence electrons. The molecule has 2 aromatic rings. The van der Waals surface area contributed by atoms with E-state index in [0.717, 1.165) is 10.4 Å². The summed E-state index contributed by atoms with van der Waals surface area (Å²) in [5, 5.41) is 9.84. The first-order chi connectivity index (χ1) is 6.27. The lowest BCUT2D eigenvalue weighted by molar-refractivity contribution is 0.223. The number of aliphatic hydroxyl groups excluding tert-OH is 1. The number of aliphatic hydroxyl groups is 1. The zero-order valence-corrected chi connectivity index (χ0v) is 8.04. The molecule has 0 amide bonds. The summed E-state index contributed by atoms with van der Waals surface area (Å²) in [6.07, 6.45) is 2.59. The summed E-state index contributed by atoms with van der Waals surface area (Å²) in [5.41, 5.74) is 0.807. The van der Waals surface area contributed by atoms with Gasteiger partial charge < -0.3 is 9.52 Å². The molecule has 0 aromatic carbocycles. The predicted octanol–water partition coefficient (Wildman–Crippen LogP) is 2.73. The second kappa shape index (κ2) is 3.36. The minimum Gasteiger partial charge on any atom is -0.472 e. The van der Waals surface area contributed by atoms with Gasteiger partial charge in [0.15, 0.2) is 0 Å². The maximum Gasteiger partial charge on any atom is 0.116 e. The number of furan rings is 1. The molecule has 0 aliphatic carbocycles. The maximum atomic E-state index is 9.84. The standard InChI is InChI=1S/C10H10O2S/c1-7-2-3-9(13-7)10(11)8-4-5-12-6-8/h2-6,10-11H,1H3/t10-/m0/s1. The fourth-order valence-electron chi connectivity index (χ4n) is 1.20. The molecule has 0 saturated carbocycles. The predicted molar refractivity (Wildman–Crippen MR) is 51.8 cm³/mol. The molecule has 3 heteroatoms. The molecular formula is C10H10O2S. The van der Waals surface area contributed by atoms with Crippen LogP contribution in [0.2, 0.25) is 0 Å². The number of hydrogen-bond donors (Lipinski definition) is 1. The van der Waals surface area contributed by atoms with E-state index >= 15 is 0 Å². The van der Waals surface area contributed by atoms with Crippen LogP contribution in [0.1, 0.15) is 21.4 Å². The van der Waals surface area contributed by atoms with Crippen molar-refractivity contribution in [2.24, 2.45) is 0 Å². The van der Waals surface area contributed by atoms with Crippen molar-refractivity contribution in [1.29, 1.82) is 0 Å². The zero-order valence-electron chi connectivity index (χ0n) is 7.23. The summed E-state index contributed by atoms with van der Waals surface area (Å²) in [5.74, 6) is 0. The van der Waals surface area contributed by atoms with Gasteiger partial charge in [-0.3, -0.25) is 0 Å². The zero-order chi connectivity index (χ0) is 9.26. The van der Waals surface area contributed by atoms with Crippen LogP contribution in [0.25, 0.3) is 0 Å². The van der Waals surface area contributed by atoms with Gasteiger partial charge in [-0.1, -0.05) is 0 Å². The van der Waals surface area contributed by atoms with Gasteiger partial charge >= 0.3 is 0 Å². The van der Waals surface area contributed by atoms with Crippen LogP contribution in [0.15, 0.2) is 35.1 Å². The van der Waals surface area contributed by atoms with E-state index in [9.17, 15) is 5.11 Å². The molecule has 1 atom stereocenters. The van der Waals surface area contributed by atoms with Gasteiger partial charge in [0.2, 0.25) is 0 Å². The first-order valence-corrected chi connectivity index (χ1v) is 4.85. The fourth-order valence-corrected chi connectivity index (χ4v) is 2.09. The van der Waals surface area contributed by atoms with Crippen LogP contribution in [0.3, 0.4) is 0 Å². The summed E-state index contributed by atoms with van der Waals surface area (Å²) in [6, 6.07) is 5.72. The largest absolute Gasteiger partial charge is 0.472 e. The van der Waals surface area contributed by atoms with Gasteiger partial charge in [-0.2, -0.15) is 0 Å². The summed E-state index contributed by atoms with van der Waals surface area (Å²) < 4.78 is 4.91. The molecule has 1 N–H and O–H groups in total. The number of thiophene rings is 1. The van der Waals surface area contributed by atoms with Crippen LogP contribution in [-0.4, -0.2) is 5.11 Å². The molecule has 2 aromatic heterocycles. The average Bonchev–Trinajstić information content (AvgIpc) is 2.72. The van der Waals surface area contributed by atoms with Crippen molar-refractivity contribution in [3.05, 3.63) is 46.0 Å². The normalized spacial score (nSPS) is 13.1. The molecule has 0 aliphatic rings. The Kier molecular flexibility index (Phi) is 2.20. The van der Waals surface area contributed by atoms with Crippen molar-refractivity contribution in [1.82, 2.24) is 0 Å². The van der Waals surface area contributed by atoms with E-state index in [4.69, 9.17) is 4.42 Å².